The lowest BCUT2D eigenvalue weighted by atomic mass is 10.0. The maximum absolute atomic E-state index is 13.1. The molecule has 3 aliphatic heterocycles. The van der Waals surface area contributed by atoms with Gasteiger partial charge in [-0.15, -0.1) is 23.1 Å². The molecule has 2 aromatic heterocycles. The van der Waals surface area contributed by atoms with Crippen molar-refractivity contribution in [2.45, 2.75) is 43.2 Å². The second kappa shape index (κ2) is 12.6. The van der Waals surface area contributed by atoms with Gasteiger partial charge in [-0.2, -0.15) is 0 Å². The molecule has 0 aliphatic carbocycles. The number of pyridine rings is 1. The third-order valence-corrected chi connectivity index (χ3v) is 8.94. The van der Waals surface area contributed by atoms with E-state index in [1.54, 1.807) is 29.1 Å². The maximum Gasteiger partial charge on any atom is 0.379 e. The lowest BCUT2D eigenvalue weighted by Gasteiger charge is -2.50. The lowest BCUT2D eigenvalue weighted by molar-refractivity contribution is -0.689. The highest BCUT2D eigenvalue weighted by Gasteiger charge is 2.53. The zero-order valence-corrected chi connectivity index (χ0v) is 25.0. The molecule has 0 bridgehead atoms. The van der Waals surface area contributed by atoms with Crippen LogP contribution in [0.1, 0.15) is 24.1 Å². The minimum atomic E-state index is -1.80. The second-order valence-electron chi connectivity index (χ2n) is 9.68. The van der Waals surface area contributed by atoms with Gasteiger partial charge in [0.1, 0.15) is 24.2 Å². The number of ether oxygens (including phenoxy) is 3. The van der Waals surface area contributed by atoms with E-state index in [4.69, 9.17) is 24.8 Å². The van der Waals surface area contributed by atoms with Crippen molar-refractivity contribution in [3.05, 3.63) is 52.4 Å². The number of nitrogens with one attached hydrogen (secondary N) is 1. The Bertz CT molecular complexity index is 1570. The number of carbonyl (C=O) groups excluding carboxylic acids is 5. The first-order valence-electron chi connectivity index (χ1n) is 13.0. The number of nitrogens with zero attached hydrogens (tertiary/aromatic N) is 4. The van der Waals surface area contributed by atoms with E-state index in [1.807, 2.05) is 0 Å². The summed E-state index contributed by atoms with van der Waals surface area (Å²) in [6.07, 6.45) is 3.40. The van der Waals surface area contributed by atoms with E-state index < -0.39 is 46.9 Å². The molecule has 0 saturated carbocycles. The standard InChI is InChI=1S/C26H26N6O10S2/c1-39-24(38)26(6-3-16(33)42-26)41-10-13-4-7-31(8-5-13)9-14-11-43-22-18(21(35)32(22)19(14)23(36)37)29-20(34)17(30-40-2)15-12-44-25(27)28-15/h4-5,7-8,12,18,22H,3,6,9-11H2,1-2H3,(H3-,27,28,29,34,36,37)/b30-17-/t18?,22-,26?/m1/s1. The Hall–Kier alpha value is -4.55. The van der Waals surface area contributed by atoms with Crippen LogP contribution in [0, 0.1) is 0 Å². The first-order chi connectivity index (χ1) is 21.1. The SMILES string of the molecule is CO/N=C(\C(=O)NC1C(=O)N2C(C(=O)[O-])=C(C[n+]3ccc(COC4(C(=O)OC)CCC(=O)O4)cc3)CS[C@H]12)c1csc(N)n1. The Morgan fingerprint density at radius 2 is 2.05 bits per heavy atom. The zero-order chi connectivity index (χ0) is 31.6. The molecule has 3 N–H and O–H groups in total. The number of amides is 2. The minimum absolute atomic E-state index is 0.0243. The number of nitrogen functional groups attached to an aromatic ring is 1. The van der Waals surface area contributed by atoms with Crippen molar-refractivity contribution >= 4 is 63.7 Å². The smallest absolute Gasteiger partial charge is 0.379 e. The number of carboxylic acids is 1. The molecule has 0 aromatic carbocycles. The normalized spacial score (nSPS) is 23.0. The number of carboxylic acid groups (broad SMARTS) is 1. The fourth-order valence-corrected chi connectivity index (χ4v) is 6.70. The van der Waals surface area contributed by atoms with Crippen molar-refractivity contribution in [2.24, 2.45) is 5.16 Å². The number of esters is 2. The highest BCUT2D eigenvalue weighted by molar-refractivity contribution is 8.00. The van der Waals surface area contributed by atoms with Gasteiger partial charge in [0, 0.05) is 35.3 Å². The Morgan fingerprint density at radius 1 is 1.30 bits per heavy atom. The fraction of sp³-hybridized carbons (Fsp3) is 0.385. The van der Waals surface area contributed by atoms with E-state index in [0.717, 1.165) is 16.2 Å². The van der Waals surface area contributed by atoms with Crippen LogP contribution in [-0.2, 0) is 56.2 Å². The van der Waals surface area contributed by atoms with E-state index in [2.05, 4.69) is 15.5 Å². The minimum Gasteiger partial charge on any atom is -0.543 e. The predicted octanol–water partition coefficient (Wildman–Crippen LogP) is -1.81. The number of aromatic nitrogens is 2. The summed E-state index contributed by atoms with van der Waals surface area (Å²) in [7, 11) is 2.42. The van der Waals surface area contributed by atoms with E-state index in [9.17, 15) is 29.1 Å². The number of thiazole rings is 1. The van der Waals surface area contributed by atoms with Crippen LogP contribution in [0.5, 0.6) is 0 Å². The number of thioether (sulfide) groups is 1. The first kappa shape index (κ1) is 30.9. The van der Waals surface area contributed by atoms with Crippen LogP contribution in [0.3, 0.4) is 0 Å². The van der Waals surface area contributed by atoms with Gasteiger partial charge in [-0.1, -0.05) is 5.16 Å². The Balaban J connectivity index is 1.25. The van der Waals surface area contributed by atoms with Gasteiger partial charge in [0.15, 0.2) is 29.8 Å². The molecule has 3 aliphatic rings. The molecule has 3 atom stereocenters. The summed E-state index contributed by atoms with van der Waals surface area (Å²) in [4.78, 5) is 71.9. The number of hydrogen-bond donors (Lipinski definition) is 2. The average molecular weight is 647 g/mol. The van der Waals surface area contributed by atoms with Crippen molar-refractivity contribution in [3.63, 3.8) is 0 Å². The lowest BCUT2D eigenvalue weighted by Crippen LogP contribution is -2.71. The highest BCUT2D eigenvalue weighted by atomic mass is 32.2. The summed E-state index contributed by atoms with van der Waals surface area (Å²) in [6.45, 7) is 0.0698. The number of oxime groups is 1. The van der Waals surface area contributed by atoms with E-state index >= 15 is 0 Å². The number of rotatable bonds is 11. The number of cyclic esters (lactones) is 1. The molecule has 2 aromatic rings. The molecule has 2 saturated heterocycles. The molecular weight excluding hydrogens is 620 g/mol. The average Bonchev–Trinajstić information content (AvgIpc) is 3.62. The quantitative estimate of drug-likeness (QED) is 0.0906. The monoisotopic (exact) mass is 646 g/mol. The topological polar surface area (TPSA) is 216 Å². The van der Waals surface area contributed by atoms with Gasteiger partial charge in [-0.25, -0.2) is 14.3 Å². The molecule has 5 heterocycles. The molecule has 5 rings (SSSR count). The van der Waals surface area contributed by atoms with Crippen molar-refractivity contribution in [1.29, 1.82) is 0 Å². The van der Waals surface area contributed by atoms with Gasteiger partial charge >= 0.3 is 17.7 Å². The van der Waals surface area contributed by atoms with Gasteiger partial charge in [-0.3, -0.25) is 19.3 Å². The van der Waals surface area contributed by atoms with Crippen LogP contribution in [0.15, 0.2) is 46.3 Å². The van der Waals surface area contributed by atoms with Crippen LogP contribution in [0.25, 0.3) is 0 Å². The fourth-order valence-electron chi connectivity index (χ4n) is 4.82. The summed E-state index contributed by atoms with van der Waals surface area (Å²) in [5.41, 5.74) is 6.46. The van der Waals surface area contributed by atoms with Crippen molar-refractivity contribution in [2.75, 3.05) is 25.7 Å². The molecule has 0 radical (unpaired) electrons. The third kappa shape index (κ3) is 5.95. The van der Waals surface area contributed by atoms with Crippen LogP contribution < -0.4 is 20.7 Å². The molecule has 0 spiro atoms. The zero-order valence-electron chi connectivity index (χ0n) is 23.3. The number of fused-ring (bicyclic) bond motifs is 1. The van der Waals surface area contributed by atoms with Crippen LogP contribution in [0.2, 0.25) is 0 Å². The largest absolute Gasteiger partial charge is 0.543 e. The Morgan fingerprint density at radius 3 is 2.64 bits per heavy atom. The molecule has 2 unspecified atom stereocenters. The molecule has 18 heteroatoms. The summed E-state index contributed by atoms with van der Waals surface area (Å²) in [5, 5.41) is 19.5. The van der Waals surface area contributed by atoms with Gasteiger partial charge in [0.25, 0.3) is 11.8 Å². The van der Waals surface area contributed by atoms with Gasteiger partial charge < -0.3 is 40.0 Å². The number of carbonyl (C=O) groups is 5. The second-order valence-corrected chi connectivity index (χ2v) is 11.7. The van der Waals surface area contributed by atoms with Gasteiger partial charge in [0.05, 0.1) is 31.8 Å². The molecule has 2 fully saturated rings. The molecule has 16 nitrogen and oxygen atoms in total. The third-order valence-electron chi connectivity index (χ3n) is 6.93. The Labute approximate surface area is 257 Å². The highest BCUT2D eigenvalue weighted by Crippen LogP contribution is 2.40. The molecule has 232 valence electrons. The van der Waals surface area contributed by atoms with E-state index in [1.165, 1.54) is 31.4 Å². The van der Waals surface area contributed by atoms with E-state index in [0.29, 0.717) is 11.1 Å². The van der Waals surface area contributed by atoms with Gasteiger partial charge in [0.2, 0.25) is 0 Å². The number of aliphatic carboxylic acids is 1. The first-order valence-corrected chi connectivity index (χ1v) is 14.9. The van der Waals surface area contributed by atoms with Gasteiger partial charge in [-0.05, 0) is 5.56 Å². The number of anilines is 1. The number of nitrogens with two attached hydrogens (primary N) is 1. The van der Waals surface area contributed by atoms with Crippen LogP contribution in [0.4, 0.5) is 5.13 Å². The Kier molecular flexibility index (Phi) is 8.84. The van der Waals surface area contributed by atoms with Crippen LogP contribution in [-0.4, -0.2) is 82.5 Å². The number of methoxy groups -OCH3 is 1. The number of hydrogen-bond acceptors (Lipinski definition) is 15. The molecule has 44 heavy (non-hydrogen) atoms. The molecule has 2 amide bonds. The van der Waals surface area contributed by atoms with E-state index in [-0.39, 0.29) is 54.0 Å². The van der Waals surface area contributed by atoms with Crippen molar-refractivity contribution < 1.29 is 52.7 Å². The number of β-lactam (4-membered cyclic amide) rings is 1. The summed E-state index contributed by atoms with van der Waals surface area (Å²) in [5.74, 6) is -5.79. The maximum atomic E-state index is 13.1. The summed E-state index contributed by atoms with van der Waals surface area (Å²) < 4.78 is 17.2. The summed E-state index contributed by atoms with van der Waals surface area (Å²) in [6, 6.07) is 2.37. The van der Waals surface area contributed by atoms with Crippen molar-refractivity contribution in [1.82, 2.24) is 15.2 Å². The molecular formula is C26H26N6O10S2. The van der Waals surface area contributed by atoms with Crippen LogP contribution >= 0.6 is 23.1 Å². The predicted molar refractivity (Wildman–Crippen MR) is 149 cm³/mol. The summed E-state index contributed by atoms with van der Waals surface area (Å²) >= 11 is 2.39. The van der Waals surface area contributed by atoms with Crippen molar-refractivity contribution in [3.8, 4) is 0 Å².